The van der Waals surface area contributed by atoms with E-state index >= 15 is 0 Å². The Kier molecular flexibility index (Phi) is 5.94. The Hall–Kier alpha value is -1.81. The van der Waals surface area contributed by atoms with Crippen molar-refractivity contribution in [2.45, 2.75) is 26.1 Å². The third-order valence-corrected chi connectivity index (χ3v) is 2.25. The van der Waals surface area contributed by atoms with Crippen LogP contribution in [0.1, 0.15) is 25.5 Å². The second-order valence-electron chi connectivity index (χ2n) is 3.75. The van der Waals surface area contributed by atoms with Crippen LogP contribution < -0.4 is 0 Å². The summed E-state index contributed by atoms with van der Waals surface area (Å²) in [4.78, 5) is 11.0. The molecule has 0 saturated heterocycles. The third kappa shape index (κ3) is 5.01. The summed E-state index contributed by atoms with van der Waals surface area (Å²) in [6.45, 7) is 3.69. The molecule has 1 rings (SSSR count). The second kappa shape index (κ2) is 7.50. The summed E-state index contributed by atoms with van der Waals surface area (Å²) in [5, 5.41) is 9.85. The van der Waals surface area contributed by atoms with E-state index < -0.39 is 18.4 Å². The molecule has 0 aromatic heterocycles. The van der Waals surface area contributed by atoms with Crippen molar-refractivity contribution in [3.05, 3.63) is 48.0 Å². The highest BCUT2D eigenvalue weighted by Gasteiger charge is 2.08. The second-order valence-corrected chi connectivity index (χ2v) is 3.75. The number of ether oxygens (including phenoxy) is 2. The molecule has 0 fully saturated rings. The van der Waals surface area contributed by atoms with E-state index in [2.05, 4.69) is 4.74 Å². The van der Waals surface area contributed by atoms with E-state index in [0.717, 1.165) is 5.56 Å². The molecular weight excluding hydrogens is 232 g/mol. The number of aliphatic hydroxyl groups is 1. The van der Waals surface area contributed by atoms with Gasteiger partial charge < -0.3 is 14.6 Å². The molecule has 0 bridgehead atoms. The summed E-state index contributed by atoms with van der Waals surface area (Å²) in [6.07, 6.45) is 1.35. The highest BCUT2D eigenvalue weighted by atomic mass is 16.7. The van der Waals surface area contributed by atoms with Gasteiger partial charge in [-0.3, -0.25) is 0 Å². The summed E-state index contributed by atoms with van der Waals surface area (Å²) >= 11 is 0. The van der Waals surface area contributed by atoms with E-state index in [1.807, 2.05) is 30.3 Å². The van der Waals surface area contributed by atoms with Crippen LogP contribution in [0.15, 0.2) is 42.5 Å². The van der Waals surface area contributed by atoms with Crippen molar-refractivity contribution in [2.75, 3.05) is 6.61 Å². The van der Waals surface area contributed by atoms with Gasteiger partial charge in [-0.25, -0.2) is 4.79 Å². The fourth-order valence-electron chi connectivity index (χ4n) is 1.37. The maximum atomic E-state index is 11.0. The van der Waals surface area contributed by atoms with E-state index in [-0.39, 0.29) is 6.61 Å². The van der Waals surface area contributed by atoms with Gasteiger partial charge in [-0.05, 0) is 25.5 Å². The molecule has 1 N–H and O–H groups in total. The molecular formula is C14H18O4. The molecule has 0 saturated carbocycles. The van der Waals surface area contributed by atoms with Crippen LogP contribution in [-0.2, 0) is 9.47 Å². The predicted octanol–water partition coefficient (Wildman–Crippen LogP) is 2.84. The van der Waals surface area contributed by atoms with Gasteiger partial charge in [0, 0.05) is 0 Å². The van der Waals surface area contributed by atoms with Crippen molar-refractivity contribution < 1.29 is 19.4 Å². The van der Waals surface area contributed by atoms with E-state index in [9.17, 15) is 9.90 Å². The lowest BCUT2D eigenvalue weighted by molar-refractivity contribution is 0.0450. The quantitative estimate of drug-likeness (QED) is 0.645. The van der Waals surface area contributed by atoms with Gasteiger partial charge in [0.1, 0.15) is 6.10 Å². The number of rotatable bonds is 5. The number of carbonyl (C=O) groups excluding carboxylic acids is 1. The zero-order valence-electron chi connectivity index (χ0n) is 10.6. The summed E-state index contributed by atoms with van der Waals surface area (Å²) in [7, 11) is 0. The Morgan fingerprint density at radius 1 is 1.33 bits per heavy atom. The zero-order chi connectivity index (χ0) is 13.4. The van der Waals surface area contributed by atoms with Crippen molar-refractivity contribution in [3.8, 4) is 0 Å². The Bertz CT molecular complexity index is 386. The topological polar surface area (TPSA) is 55.8 Å². The fourth-order valence-corrected chi connectivity index (χ4v) is 1.37. The van der Waals surface area contributed by atoms with E-state index in [1.165, 1.54) is 0 Å². The summed E-state index contributed by atoms with van der Waals surface area (Å²) in [5.74, 6) is 0. The summed E-state index contributed by atoms with van der Waals surface area (Å²) < 4.78 is 9.56. The van der Waals surface area contributed by atoms with Gasteiger partial charge >= 0.3 is 6.16 Å². The largest absolute Gasteiger partial charge is 0.508 e. The van der Waals surface area contributed by atoms with Crippen LogP contribution in [0, 0.1) is 0 Å². The van der Waals surface area contributed by atoms with Crippen molar-refractivity contribution in [3.63, 3.8) is 0 Å². The zero-order valence-corrected chi connectivity index (χ0v) is 10.6. The Morgan fingerprint density at radius 3 is 2.61 bits per heavy atom. The molecule has 0 unspecified atom stereocenters. The lowest BCUT2D eigenvalue weighted by Gasteiger charge is -2.10. The Balaban J connectivity index is 2.46. The van der Waals surface area contributed by atoms with Gasteiger partial charge in [-0.2, -0.15) is 0 Å². The molecule has 1 aromatic rings. The van der Waals surface area contributed by atoms with Gasteiger partial charge in [0.25, 0.3) is 0 Å². The van der Waals surface area contributed by atoms with Gasteiger partial charge in [0.2, 0.25) is 0 Å². The highest BCUT2D eigenvalue weighted by molar-refractivity contribution is 5.60. The van der Waals surface area contributed by atoms with Gasteiger partial charge in [-0.15, -0.1) is 0 Å². The first kappa shape index (κ1) is 14.3. The first-order valence-electron chi connectivity index (χ1n) is 5.88. The number of benzene rings is 1. The monoisotopic (exact) mass is 250 g/mol. The van der Waals surface area contributed by atoms with Crippen LogP contribution in [-0.4, -0.2) is 24.0 Å². The molecule has 0 radical (unpaired) electrons. The fraction of sp³-hybridized carbons (Fsp3) is 0.357. The normalized spacial score (nSPS) is 14.2. The average molecular weight is 250 g/mol. The predicted molar refractivity (Wildman–Crippen MR) is 68.1 cm³/mol. The maximum Gasteiger partial charge on any atom is 0.508 e. The maximum absolute atomic E-state index is 11.0. The van der Waals surface area contributed by atoms with Crippen molar-refractivity contribution in [1.82, 2.24) is 0 Å². The lowest BCUT2D eigenvalue weighted by Crippen LogP contribution is -2.14. The van der Waals surface area contributed by atoms with Gasteiger partial charge in [-0.1, -0.05) is 36.4 Å². The summed E-state index contributed by atoms with van der Waals surface area (Å²) in [5.41, 5.74) is 0.789. The molecule has 0 spiro atoms. The van der Waals surface area contributed by atoms with Crippen molar-refractivity contribution in [1.29, 1.82) is 0 Å². The van der Waals surface area contributed by atoms with Crippen LogP contribution >= 0.6 is 0 Å². The molecule has 0 heterocycles. The highest BCUT2D eigenvalue weighted by Crippen LogP contribution is 2.13. The molecule has 18 heavy (non-hydrogen) atoms. The summed E-state index contributed by atoms with van der Waals surface area (Å²) in [6, 6.07) is 9.24. The smallest absolute Gasteiger partial charge is 0.435 e. The molecule has 0 aliphatic carbocycles. The minimum absolute atomic E-state index is 0.280. The average Bonchev–Trinajstić information content (AvgIpc) is 2.37. The van der Waals surface area contributed by atoms with E-state index in [1.54, 1.807) is 26.0 Å². The molecule has 4 heteroatoms. The SMILES string of the molecule is CCOC(=O)O[C@H](C)/C=C\[C@H](O)c1ccccc1. The number of aliphatic hydroxyl groups excluding tert-OH is 1. The molecule has 1 aromatic carbocycles. The molecule has 2 atom stereocenters. The van der Waals surface area contributed by atoms with Crippen molar-refractivity contribution in [2.24, 2.45) is 0 Å². The van der Waals surface area contributed by atoms with Crippen LogP contribution in [0.4, 0.5) is 4.79 Å². The van der Waals surface area contributed by atoms with E-state index in [4.69, 9.17) is 4.74 Å². The molecule has 4 nitrogen and oxygen atoms in total. The number of hydrogen-bond acceptors (Lipinski definition) is 4. The lowest BCUT2D eigenvalue weighted by atomic mass is 10.1. The number of carbonyl (C=O) groups is 1. The Labute approximate surface area is 107 Å². The molecule has 0 aliphatic rings. The van der Waals surface area contributed by atoms with Crippen LogP contribution in [0.3, 0.4) is 0 Å². The van der Waals surface area contributed by atoms with Gasteiger partial charge in [0.05, 0.1) is 12.7 Å². The van der Waals surface area contributed by atoms with Crippen LogP contribution in [0.5, 0.6) is 0 Å². The first-order chi connectivity index (χ1) is 8.63. The molecule has 0 amide bonds. The third-order valence-electron chi connectivity index (χ3n) is 2.25. The minimum Gasteiger partial charge on any atom is -0.435 e. The van der Waals surface area contributed by atoms with Crippen molar-refractivity contribution >= 4 is 6.16 Å². The first-order valence-corrected chi connectivity index (χ1v) is 5.88. The molecule has 0 aliphatic heterocycles. The standard InChI is InChI=1S/C14H18O4/c1-3-17-14(16)18-11(2)9-10-13(15)12-7-5-4-6-8-12/h4-11,13,15H,3H2,1-2H3/b10-9-/t11-,13+/m1/s1. The van der Waals surface area contributed by atoms with Crippen LogP contribution in [0.25, 0.3) is 0 Å². The minimum atomic E-state index is -0.709. The molecule has 98 valence electrons. The number of hydrogen-bond donors (Lipinski definition) is 1. The van der Waals surface area contributed by atoms with Crippen LogP contribution in [0.2, 0.25) is 0 Å². The van der Waals surface area contributed by atoms with Gasteiger partial charge in [0.15, 0.2) is 0 Å². The van der Waals surface area contributed by atoms with E-state index in [0.29, 0.717) is 0 Å². The Morgan fingerprint density at radius 2 is 2.00 bits per heavy atom.